The Morgan fingerprint density at radius 2 is 2.15 bits per heavy atom. The van der Waals surface area contributed by atoms with E-state index in [2.05, 4.69) is 56.1 Å². The van der Waals surface area contributed by atoms with Crippen molar-refractivity contribution < 1.29 is 4.74 Å². The molecule has 0 amide bonds. The van der Waals surface area contributed by atoms with Gasteiger partial charge in [0.15, 0.2) is 0 Å². The zero-order valence-electron chi connectivity index (χ0n) is 12.9. The number of ether oxygens (including phenoxy) is 1. The largest absolute Gasteiger partial charge is 0.377 e. The Morgan fingerprint density at radius 1 is 1.40 bits per heavy atom. The monoisotopic (exact) mass is 296 g/mol. The quantitative estimate of drug-likeness (QED) is 0.924. The Hall–Kier alpha value is -0.770. The van der Waals surface area contributed by atoms with Gasteiger partial charge in [0, 0.05) is 24.7 Å². The number of anilines is 1. The maximum Gasteiger partial charge on any atom is 0.0668 e. The van der Waals surface area contributed by atoms with Gasteiger partial charge in [-0.15, -0.1) is 0 Å². The van der Waals surface area contributed by atoms with Crippen LogP contribution < -0.4 is 10.2 Å². The Morgan fingerprint density at radius 3 is 2.75 bits per heavy atom. The third-order valence-corrected chi connectivity index (χ3v) is 3.81. The van der Waals surface area contributed by atoms with Crippen molar-refractivity contribution in [1.29, 1.82) is 0 Å². The van der Waals surface area contributed by atoms with Crippen LogP contribution in [0.15, 0.2) is 18.2 Å². The highest BCUT2D eigenvalue weighted by Gasteiger charge is 2.21. The number of halogens is 1. The summed E-state index contributed by atoms with van der Waals surface area (Å²) in [5.74, 6) is 0. The fourth-order valence-corrected chi connectivity index (χ4v) is 2.66. The van der Waals surface area contributed by atoms with E-state index in [1.54, 1.807) is 0 Å². The molecule has 0 saturated carbocycles. The van der Waals surface area contributed by atoms with E-state index in [0.29, 0.717) is 6.04 Å². The summed E-state index contributed by atoms with van der Waals surface area (Å²) in [6.45, 7) is 11.9. The van der Waals surface area contributed by atoms with Gasteiger partial charge in [-0.3, -0.25) is 0 Å². The topological polar surface area (TPSA) is 24.5 Å². The second kappa shape index (κ2) is 6.33. The Kier molecular flexibility index (Phi) is 4.95. The molecule has 0 aliphatic carbocycles. The van der Waals surface area contributed by atoms with Crippen molar-refractivity contribution in [2.24, 2.45) is 0 Å². The van der Waals surface area contributed by atoms with Crippen LogP contribution in [0.3, 0.4) is 0 Å². The van der Waals surface area contributed by atoms with Crippen LogP contribution in [0.5, 0.6) is 0 Å². The van der Waals surface area contributed by atoms with Crippen molar-refractivity contribution in [3.05, 3.63) is 28.8 Å². The number of hydrogen-bond donors (Lipinski definition) is 1. The summed E-state index contributed by atoms with van der Waals surface area (Å²) < 4.78 is 5.48. The van der Waals surface area contributed by atoms with Crippen LogP contribution in [0.2, 0.25) is 5.02 Å². The highest BCUT2D eigenvalue weighted by Crippen LogP contribution is 2.29. The lowest BCUT2D eigenvalue weighted by Crippen LogP contribution is -2.43. The predicted molar refractivity (Wildman–Crippen MR) is 85.7 cm³/mol. The van der Waals surface area contributed by atoms with Gasteiger partial charge in [-0.1, -0.05) is 17.7 Å². The highest BCUT2D eigenvalue weighted by atomic mass is 35.5. The van der Waals surface area contributed by atoms with Crippen molar-refractivity contribution >= 4 is 17.3 Å². The molecule has 0 radical (unpaired) electrons. The summed E-state index contributed by atoms with van der Waals surface area (Å²) in [5, 5.41) is 4.31. The molecule has 1 aromatic rings. The number of nitrogens with one attached hydrogen (secondary N) is 1. The number of benzene rings is 1. The average Bonchev–Trinajstić information content (AvgIpc) is 2.37. The smallest absolute Gasteiger partial charge is 0.0668 e. The van der Waals surface area contributed by atoms with Crippen LogP contribution in [-0.2, 0) is 11.3 Å². The SMILES string of the molecule is CC1COCCN1c1ccc(CNC(C)(C)C)cc1Cl. The fraction of sp³-hybridized carbons (Fsp3) is 0.625. The molecular formula is C16H25ClN2O. The van der Waals surface area contributed by atoms with Crippen LogP contribution >= 0.6 is 11.6 Å². The van der Waals surface area contributed by atoms with Crippen molar-refractivity contribution in [3.63, 3.8) is 0 Å². The third-order valence-electron chi connectivity index (χ3n) is 3.51. The zero-order chi connectivity index (χ0) is 14.8. The lowest BCUT2D eigenvalue weighted by molar-refractivity contribution is 0.0989. The molecule has 1 aromatic carbocycles. The summed E-state index contributed by atoms with van der Waals surface area (Å²) in [6.07, 6.45) is 0. The Balaban J connectivity index is 2.09. The van der Waals surface area contributed by atoms with E-state index in [-0.39, 0.29) is 5.54 Å². The minimum Gasteiger partial charge on any atom is -0.377 e. The molecule has 1 heterocycles. The average molecular weight is 297 g/mol. The first-order valence-electron chi connectivity index (χ1n) is 7.25. The molecule has 112 valence electrons. The van der Waals surface area contributed by atoms with Gasteiger partial charge in [-0.05, 0) is 45.4 Å². The maximum absolute atomic E-state index is 6.47. The fourth-order valence-electron chi connectivity index (χ4n) is 2.35. The van der Waals surface area contributed by atoms with Crippen molar-refractivity contribution in [2.75, 3.05) is 24.7 Å². The van der Waals surface area contributed by atoms with Crippen molar-refractivity contribution in [1.82, 2.24) is 5.32 Å². The number of hydrogen-bond acceptors (Lipinski definition) is 3. The van der Waals surface area contributed by atoms with Gasteiger partial charge in [0.25, 0.3) is 0 Å². The van der Waals surface area contributed by atoms with Crippen LogP contribution in [0.4, 0.5) is 5.69 Å². The van der Waals surface area contributed by atoms with Crippen LogP contribution in [0.1, 0.15) is 33.3 Å². The molecule has 1 saturated heterocycles. The second-order valence-electron chi connectivity index (χ2n) is 6.51. The molecule has 1 aliphatic heterocycles. The summed E-state index contributed by atoms with van der Waals surface area (Å²) in [6, 6.07) is 6.73. The van der Waals surface area contributed by atoms with Gasteiger partial charge in [-0.2, -0.15) is 0 Å². The molecular weight excluding hydrogens is 272 g/mol. The molecule has 1 atom stereocenters. The first-order chi connectivity index (χ1) is 9.37. The molecule has 0 spiro atoms. The van der Waals surface area contributed by atoms with Crippen LogP contribution in [-0.4, -0.2) is 31.3 Å². The van der Waals surface area contributed by atoms with E-state index < -0.39 is 0 Å². The van der Waals surface area contributed by atoms with E-state index in [1.807, 2.05) is 0 Å². The molecule has 1 fully saturated rings. The standard InChI is InChI=1S/C16H25ClN2O/c1-12-11-20-8-7-19(12)15-6-5-13(9-14(15)17)10-18-16(2,3)4/h5-6,9,12,18H,7-8,10-11H2,1-4H3. The van der Waals surface area contributed by atoms with Crippen LogP contribution in [0.25, 0.3) is 0 Å². The summed E-state index contributed by atoms with van der Waals surface area (Å²) >= 11 is 6.47. The molecule has 4 heteroatoms. The third kappa shape index (κ3) is 4.11. The second-order valence-corrected chi connectivity index (χ2v) is 6.91. The van der Waals surface area contributed by atoms with E-state index in [1.165, 1.54) is 5.56 Å². The predicted octanol–water partition coefficient (Wildman–Crippen LogP) is 3.45. The van der Waals surface area contributed by atoms with Crippen LogP contribution in [0, 0.1) is 0 Å². The number of nitrogens with zero attached hydrogens (tertiary/aromatic N) is 1. The number of morpholine rings is 1. The lowest BCUT2D eigenvalue weighted by atomic mass is 10.1. The van der Waals surface area contributed by atoms with Gasteiger partial charge >= 0.3 is 0 Å². The molecule has 20 heavy (non-hydrogen) atoms. The minimum absolute atomic E-state index is 0.115. The van der Waals surface area contributed by atoms with Crippen molar-refractivity contribution in [3.8, 4) is 0 Å². The Labute approximate surface area is 127 Å². The van der Waals surface area contributed by atoms with Gasteiger partial charge in [0.1, 0.15) is 0 Å². The molecule has 1 aliphatic rings. The number of rotatable bonds is 3. The summed E-state index contributed by atoms with van der Waals surface area (Å²) in [7, 11) is 0. The first kappa shape index (κ1) is 15.6. The summed E-state index contributed by atoms with van der Waals surface area (Å²) in [5.41, 5.74) is 2.45. The maximum atomic E-state index is 6.47. The van der Waals surface area contributed by atoms with Gasteiger partial charge in [0.2, 0.25) is 0 Å². The van der Waals surface area contributed by atoms with E-state index in [9.17, 15) is 0 Å². The first-order valence-corrected chi connectivity index (χ1v) is 7.62. The molecule has 2 rings (SSSR count). The van der Waals surface area contributed by atoms with E-state index in [0.717, 1.165) is 37.0 Å². The molecule has 0 aromatic heterocycles. The highest BCUT2D eigenvalue weighted by molar-refractivity contribution is 6.33. The molecule has 1 N–H and O–H groups in total. The van der Waals surface area contributed by atoms with Gasteiger partial charge in [0.05, 0.1) is 23.9 Å². The van der Waals surface area contributed by atoms with Gasteiger partial charge in [-0.25, -0.2) is 0 Å². The molecule has 3 nitrogen and oxygen atoms in total. The van der Waals surface area contributed by atoms with Gasteiger partial charge < -0.3 is 15.0 Å². The zero-order valence-corrected chi connectivity index (χ0v) is 13.6. The summed E-state index contributed by atoms with van der Waals surface area (Å²) in [4.78, 5) is 2.33. The lowest BCUT2D eigenvalue weighted by Gasteiger charge is -2.36. The molecule has 1 unspecified atom stereocenters. The Bertz CT molecular complexity index is 456. The van der Waals surface area contributed by atoms with E-state index >= 15 is 0 Å². The van der Waals surface area contributed by atoms with E-state index in [4.69, 9.17) is 16.3 Å². The van der Waals surface area contributed by atoms with Crippen molar-refractivity contribution in [2.45, 2.75) is 45.8 Å². The normalized spacial score (nSPS) is 20.2. The minimum atomic E-state index is 0.115. The molecule has 0 bridgehead atoms.